The maximum Gasteiger partial charge on any atom is 0.292 e. The van der Waals surface area contributed by atoms with E-state index in [1.54, 1.807) is 16.8 Å². The minimum absolute atomic E-state index is 0.194. The van der Waals surface area contributed by atoms with Crippen LogP contribution in [0.3, 0.4) is 0 Å². The van der Waals surface area contributed by atoms with Crippen LogP contribution in [0.4, 0.5) is 5.82 Å². The molecule has 2 aromatic heterocycles. The van der Waals surface area contributed by atoms with Crippen molar-refractivity contribution in [1.82, 2.24) is 9.78 Å². The lowest BCUT2D eigenvalue weighted by Crippen LogP contribution is -2.26. The standard InChI is InChI=1S/C13H17N3O2/c1-9-8-11(16(15-9)13(2,3)4)14-12(17)10-6-5-7-18-10/h5-8H,1-4H3,(H,14,17). The van der Waals surface area contributed by atoms with Crippen molar-refractivity contribution < 1.29 is 9.21 Å². The van der Waals surface area contributed by atoms with Crippen molar-refractivity contribution in [2.24, 2.45) is 0 Å². The molecule has 0 aliphatic heterocycles. The van der Waals surface area contributed by atoms with E-state index in [-0.39, 0.29) is 17.2 Å². The normalized spacial score (nSPS) is 11.6. The molecule has 1 amide bonds. The first-order valence-corrected chi connectivity index (χ1v) is 5.80. The van der Waals surface area contributed by atoms with Gasteiger partial charge in [-0.15, -0.1) is 0 Å². The van der Waals surface area contributed by atoms with Gasteiger partial charge in [-0.1, -0.05) is 0 Å². The molecule has 5 nitrogen and oxygen atoms in total. The molecule has 0 aliphatic carbocycles. The van der Waals surface area contributed by atoms with Crippen molar-refractivity contribution in [2.45, 2.75) is 33.2 Å². The summed E-state index contributed by atoms with van der Waals surface area (Å²) in [5, 5.41) is 7.20. The number of rotatable bonds is 2. The van der Waals surface area contributed by atoms with Crippen molar-refractivity contribution >= 4 is 11.7 Å². The van der Waals surface area contributed by atoms with E-state index in [9.17, 15) is 4.79 Å². The topological polar surface area (TPSA) is 60.1 Å². The number of amides is 1. The molecule has 2 aromatic rings. The quantitative estimate of drug-likeness (QED) is 0.887. The molecule has 0 saturated carbocycles. The number of aryl methyl sites for hydroxylation is 1. The molecule has 5 heteroatoms. The van der Waals surface area contributed by atoms with Crippen molar-refractivity contribution in [3.8, 4) is 0 Å². The lowest BCUT2D eigenvalue weighted by atomic mass is 10.1. The summed E-state index contributed by atoms with van der Waals surface area (Å²) in [6.45, 7) is 7.98. The Kier molecular flexibility index (Phi) is 2.98. The molecule has 0 aromatic carbocycles. The van der Waals surface area contributed by atoms with Gasteiger partial charge in [0, 0.05) is 6.07 Å². The molecule has 0 radical (unpaired) electrons. The van der Waals surface area contributed by atoms with E-state index in [1.807, 2.05) is 33.8 Å². The van der Waals surface area contributed by atoms with Crippen LogP contribution < -0.4 is 5.32 Å². The largest absolute Gasteiger partial charge is 0.459 e. The molecule has 0 spiro atoms. The van der Waals surface area contributed by atoms with Crippen LogP contribution in [-0.4, -0.2) is 15.7 Å². The number of hydrogen-bond donors (Lipinski definition) is 1. The lowest BCUT2D eigenvalue weighted by molar-refractivity contribution is 0.0995. The predicted octanol–water partition coefficient (Wildman–Crippen LogP) is 2.79. The Morgan fingerprint density at radius 2 is 2.17 bits per heavy atom. The predicted molar refractivity (Wildman–Crippen MR) is 68.6 cm³/mol. The first kappa shape index (κ1) is 12.4. The number of aromatic nitrogens is 2. The fraction of sp³-hybridized carbons (Fsp3) is 0.385. The van der Waals surface area contributed by atoms with E-state index < -0.39 is 0 Å². The van der Waals surface area contributed by atoms with E-state index in [1.165, 1.54) is 6.26 Å². The van der Waals surface area contributed by atoms with Gasteiger partial charge in [0.05, 0.1) is 17.5 Å². The van der Waals surface area contributed by atoms with E-state index in [0.717, 1.165) is 5.69 Å². The molecule has 96 valence electrons. The Hall–Kier alpha value is -2.04. The monoisotopic (exact) mass is 247 g/mol. The van der Waals surface area contributed by atoms with Gasteiger partial charge in [-0.3, -0.25) is 4.79 Å². The highest BCUT2D eigenvalue weighted by molar-refractivity contribution is 6.01. The van der Waals surface area contributed by atoms with Crippen LogP contribution in [-0.2, 0) is 5.54 Å². The number of nitrogens with one attached hydrogen (secondary N) is 1. The summed E-state index contributed by atoms with van der Waals surface area (Å²) in [5.41, 5.74) is 0.666. The molecule has 0 aliphatic rings. The van der Waals surface area contributed by atoms with Gasteiger partial charge in [0.25, 0.3) is 5.91 Å². The number of carbonyl (C=O) groups is 1. The summed E-state index contributed by atoms with van der Waals surface area (Å²) >= 11 is 0. The second-order valence-electron chi connectivity index (χ2n) is 5.19. The highest BCUT2D eigenvalue weighted by Gasteiger charge is 2.20. The molecular weight excluding hydrogens is 230 g/mol. The summed E-state index contributed by atoms with van der Waals surface area (Å²) in [7, 11) is 0. The minimum atomic E-state index is -0.273. The maximum absolute atomic E-state index is 11.9. The number of nitrogens with zero attached hydrogens (tertiary/aromatic N) is 2. The third-order valence-corrected chi connectivity index (χ3v) is 2.45. The van der Waals surface area contributed by atoms with E-state index in [4.69, 9.17) is 4.42 Å². The molecule has 18 heavy (non-hydrogen) atoms. The lowest BCUT2D eigenvalue weighted by Gasteiger charge is -2.22. The third-order valence-electron chi connectivity index (χ3n) is 2.45. The molecule has 0 bridgehead atoms. The molecule has 0 unspecified atom stereocenters. The van der Waals surface area contributed by atoms with Gasteiger partial charge in [0.2, 0.25) is 0 Å². The van der Waals surface area contributed by atoms with Gasteiger partial charge in [0.1, 0.15) is 5.82 Å². The summed E-state index contributed by atoms with van der Waals surface area (Å²) in [4.78, 5) is 11.9. The first-order chi connectivity index (χ1) is 8.38. The van der Waals surface area contributed by atoms with E-state index in [0.29, 0.717) is 5.82 Å². The second-order valence-corrected chi connectivity index (χ2v) is 5.19. The van der Waals surface area contributed by atoms with Crippen molar-refractivity contribution in [3.05, 3.63) is 35.9 Å². The van der Waals surface area contributed by atoms with E-state index >= 15 is 0 Å². The SMILES string of the molecule is Cc1cc(NC(=O)c2ccco2)n(C(C)(C)C)n1. The average molecular weight is 247 g/mol. The smallest absolute Gasteiger partial charge is 0.292 e. The van der Waals surface area contributed by atoms with Crippen LogP contribution in [0.5, 0.6) is 0 Å². The van der Waals surface area contributed by atoms with Crippen LogP contribution in [0.2, 0.25) is 0 Å². The fourth-order valence-corrected chi connectivity index (χ4v) is 1.69. The van der Waals surface area contributed by atoms with Gasteiger partial charge in [-0.2, -0.15) is 5.10 Å². The summed E-state index contributed by atoms with van der Waals surface area (Å²) in [6.07, 6.45) is 1.47. The maximum atomic E-state index is 11.9. The molecule has 1 N–H and O–H groups in total. The Morgan fingerprint density at radius 3 is 2.72 bits per heavy atom. The van der Waals surface area contributed by atoms with Crippen LogP contribution in [0, 0.1) is 6.92 Å². The second kappa shape index (κ2) is 4.33. The van der Waals surface area contributed by atoms with Crippen LogP contribution in [0.15, 0.2) is 28.9 Å². The Morgan fingerprint density at radius 1 is 1.44 bits per heavy atom. The highest BCUT2D eigenvalue weighted by atomic mass is 16.3. The number of anilines is 1. The van der Waals surface area contributed by atoms with Gasteiger partial charge in [-0.25, -0.2) is 4.68 Å². The molecule has 0 atom stereocenters. The first-order valence-electron chi connectivity index (χ1n) is 5.80. The van der Waals surface area contributed by atoms with Crippen molar-refractivity contribution in [2.75, 3.05) is 5.32 Å². The van der Waals surface area contributed by atoms with Gasteiger partial charge < -0.3 is 9.73 Å². The number of hydrogen-bond acceptors (Lipinski definition) is 3. The molecule has 0 saturated heterocycles. The van der Waals surface area contributed by atoms with Gasteiger partial charge >= 0.3 is 0 Å². The fourth-order valence-electron chi connectivity index (χ4n) is 1.69. The Bertz CT molecular complexity index is 547. The third kappa shape index (κ3) is 2.45. The van der Waals surface area contributed by atoms with Crippen LogP contribution in [0.25, 0.3) is 0 Å². The Balaban J connectivity index is 2.27. The molecule has 2 rings (SSSR count). The molecule has 0 fully saturated rings. The minimum Gasteiger partial charge on any atom is -0.459 e. The zero-order valence-corrected chi connectivity index (χ0v) is 11.0. The van der Waals surface area contributed by atoms with Gasteiger partial charge in [-0.05, 0) is 39.8 Å². The highest BCUT2D eigenvalue weighted by Crippen LogP contribution is 2.21. The van der Waals surface area contributed by atoms with E-state index in [2.05, 4.69) is 10.4 Å². The summed E-state index contributed by atoms with van der Waals surface area (Å²) in [6, 6.07) is 5.15. The van der Waals surface area contributed by atoms with Crippen LogP contribution >= 0.6 is 0 Å². The number of furan rings is 1. The summed E-state index contributed by atoms with van der Waals surface area (Å²) < 4.78 is 6.85. The number of carbonyl (C=O) groups excluding carboxylic acids is 1. The zero-order valence-electron chi connectivity index (χ0n) is 11.0. The molecule has 2 heterocycles. The summed E-state index contributed by atoms with van der Waals surface area (Å²) in [5.74, 6) is 0.682. The zero-order chi connectivity index (χ0) is 13.3. The van der Waals surface area contributed by atoms with Crippen LogP contribution in [0.1, 0.15) is 37.0 Å². The van der Waals surface area contributed by atoms with Crippen molar-refractivity contribution in [3.63, 3.8) is 0 Å². The average Bonchev–Trinajstić information content (AvgIpc) is 2.85. The molecular formula is C13H17N3O2. The van der Waals surface area contributed by atoms with Crippen molar-refractivity contribution in [1.29, 1.82) is 0 Å². The Labute approximate surface area is 106 Å². The van der Waals surface area contributed by atoms with Gasteiger partial charge in [0.15, 0.2) is 5.76 Å².